The van der Waals surface area contributed by atoms with Crippen molar-refractivity contribution in [3.05, 3.63) is 0 Å². The molecule has 0 bridgehead atoms. The van der Waals surface area contributed by atoms with Gasteiger partial charge in [0.1, 0.15) is 19.3 Å². The Hall–Kier alpha value is 0.360. The number of likely N-dealkylation sites (N-methyl/N-ethyl adjacent to an activating group) is 1. The molecule has 3 atom stereocenters. The predicted molar refractivity (Wildman–Crippen MR) is 134 cm³/mol. The molecular formula is C21H45NO7PS2+. The second kappa shape index (κ2) is 18.7. The molecule has 8 nitrogen and oxygen atoms in total. The third-order valence-electron chi connectivity index (χ3n) is 4.72. The fourth-order valence-electron chi connectivity index (χ4n) is 2.85. The van der Waals surface area contributed by atoms with Gasteiger partial charge >= 0.3 is 7.82 Å². The summed E-state index contributed by atoms with van der Waals surface area (Å²) in [6.45, 7) is 1.85. The highest BCUT2D eigenvalue weighted by atomic mass is 33.1. The van der Waals surface area contributed by atoms with Crippen molar-refractivity contribution < 1.29 is 38.0 Å². The van der Waals surface area contributed by atoms with Gasteiger partial charge in [-0.05, 0) is 12.8 Å². The van der Waals surface area contributed by atoms with Gasteiger partial charge in [-0.3, -0.25) is 13.8 Å². The van der Waals surface area contributed by atoms with Crippen LogP contribution in [0.2, 0.25) is 0 Å². The summed E-state index contributed by atoms with van der Waals surface area (Å²) in [5, 5.41) is 19.1. The molecule has 0 saturated heterocycles. The summed E-state index contributed by atoms with van der Waals surface area (Å²) in [5.74, 6) is 1.87. The summed E-state index contributed by atoms with van der Waals surface area (Å²) in [5.41, 5.74) is 0. The van der Waals surface area contributed by atoms with E-state index in [-0.39, 0.29) is 13.0 Å². The van der Waals surface area contributed by atoms with Crippen molar-refractivity contribution in [2.75, 3.05) is 52.4 Å². The number of ketones is 1. The van der Waals surface area contributed by atoms with E-state index in [1.165, 1.54) is 31.4 Å². The Morgan fingerprint density at radius 1 is 1.00 bits per heavy atom. The number of Topliss-reactive ketones (excluding diaryl/α,β-unsaturated/α-hetero) is 1. The van der Waals surface area contributed by atoms with Gasteiger partial charge in [-0.1, -0.05) is 67.0 Å². The molecule has 0 aromatic rings. The number of rotatable bonds is 22. The lowest BCUT2D eigenvalue weighted by molar-refractivity contribution is -0.870. The molecule has 0 heterocycles. The summed E-state index contributed by atoms with van der Waals surface area (Å²) < 4.78 is 22.6. The van der Waals surface area contributed by atoms with E-state index in [4.69, 9.17) is 9.05 Å². The smallest absolute Gasteiger partial charge is 0.394 e. The number of unbranched alkanes of at least 4 members (excludes halogenated alkanes) is 7. The number of aliphatic hydroxyl groups is 2. The Morgan fingerprint density at radius 2 is 1.56 bits per heavy atom. The van der Waals surface area contributed by atoms with Crippen molar-refractivity contribution in [1.29, 1.82) is 0 Å². The first-order valence-electron chi connectivity index (χ1n) is 11.5. The molecule has 0 fully saturated rings. The maximum atomic E-state index is 12.4. The number of phosphoric acid groups is 1. The Kier molecular flexibility index (Phi) is 18.9. The van der Waals surface area contributed by atoms with Crippen molar-refractivity contribution in [2.24, 2.45) is 0 Å². The lowest BCUT2D eigenvalue weighted by atomic mass is 10.0. The van der Waals surface area contributed by atoms with Gasteiger partial charge in [0.15, 0.2) is 11.9 Å². The number of hydrogen-bond donors (Lipinski definition) is 3. The average molecular weight is 519 g/mol. The summed E-state index contributed by atoms with van der Waals surface area (Å²) in [6, 6.07) is 0. The second-order valence-electron chi connectivity index (χ2n) is 8.86. The van der Waals surface area contributed by atoms with Crippen LogP contribution in [-0.2, 0) is 18.4 Å². The van der Waals surface area contributed by atoms with Crippen LogP contribution in [0.1, 0.15) is 64.7 Å². The van der Waals surface area contributed by atoms with Gasteiger partial charge in [-0.25, -0.2) is 4.57 Å². The number of quaternary nitrogens is 1. The lowest BCUT2D eigenvalue weighted by Gasteiger charge is -2.26. The molecule has 0 amide bonds. The first kappa shape index (κ1) is 32.4. The predicted octanol–water partition coefficient (Wildman–Crippen LogP) is 4.03. The fraction of sp³-hybridized carbons (Fsp3) is 0.952. The zero-order valence-electron chi connectivity index (χ0n) is 20.2. The van der Waals surface area contributed by atoms with E-state index in [0.29, 0.717) is 17.4 Å². The normalized spacial score (nSPS) is 16.0. The maximum absolute atomic E-state index is 12.4. The van der Waals surface area contributed by atoms with Crippen LogP contribution in [0.5, 0.6) is 0 Å². The highest BCUT2D eigenvalue weighted by Crippen LogP contribution is 2.45. The van der Waals surface area contributed by atoms with Crippen LogP contribution >= 0.6 is 29.4 Å². The molecule has 0 rings (SSSR count). The van der Waals surface area contributed by atoms with E-state index in [1.54, 1.807) is 0 Å². The number of carbonyl (C=O) groups is 1. The zero-order valence-corrected chi connectivity index (χ0v) is 22.8. The highest BCUT2D eigenvalue weighted by molar-refractivity contribution is 8.76. The molecule has 0 spiro atoms. The minimum absolute atomic E-state index is 0.0377. The quantitative estimate of drug-likeness (QED) is 0.0846. The summed E-state index contributed by atoms with van der Waals surface area (Å²) in [6.07, 6.45) is 5.52. The van der Waals surface area contributed by atoms with Gasteiger partial charge in [-0.15, -0.1) is 0 Å². The van der Waals surface area contributed by atoms with Crippen LogP contribution in [0.3, 0.4) is 0 Å². The Bertz CT molecular complexity index is 535. The zero-order chi connectivity index (χ0) is 24.5. The van der Waals surface area contributed by atoms with Crippen molar-refractivity contribution in [1.82, 2.24) is 0 Å². The van der Waals surface area contributed by atoms with Crippen LogP contribution < -0.4 is 0 Å². The number of aliphatic hydroxyl groups excluding tert-OH is 2. The molecule has 0 aromatic carbocycles. The van der Waals surface area contributed by atoms with E-state index in [1.807, 2.05) is 42.7 Å². The largest absolute Gasteiger partial charge is 0.473 e. The van der Waals surface area contributed by atoms with Crippen LogP contribution in [0, 0.1) is 0 Å². The topological polar surface area (TPSA) is 113 Å². The Balaban J connectivity index is 4.15. The molecule has 0 aliphatic carbocycles. The summed E-state index contributed by atoms with van der Waals surface area (Å²) in [4.78, 5) is 22.4. The third-order valence-corrected chi connectivity index (χ3v) is 8.29. The molecule has 0 aliphatic rings. The highest BCUT2D eigenvalue weighted by Gasteiger charge is 2.35. The average Bonchev–Trinajstić information content (AvgIpc) is 2.71. The van der Waals surface area contributed by atoms with E-state index in [0.717, 1.165) is 25.0 Å². The van der Waals surface area contributed by atoms with E-state index in [9.17, 15) is 24.5 Å². The van der Waals surface area contributed by atoms with E-state index in [2.05, 4.69) is 6.92 Å². The Labute approximate surface area is 202 Å². The minimum Gasteiger partial charge on any atom is -0.394 e. The fourth-order valence-corrected chi connectivity index (χ4v) is 5.58. The van der Waals surface area contributed by atoms with Crippen LogP contribution in [0.25, 0.3) is 0 Å². The van der Waals surface area contributed by atoms with Crippen molar-refractivity contribution in [2.45, 2.75) is 76.9 Å². The van der Waals surface area contributed by atoms with Crippen molar-refractivity contribution in [3.63, 3.8) is 0 Å². The summed E-state index contributed by atoms with van der Waals surface area (Å²) >= 11 is 0. The maximum Gasteiger partial charge on any atom is 0.473 e. The van der Waals surface area contributed by atoms with E-state index >= 15 is 0 Å². The number of phosphoric ester groups is 1. The van der Waals surface area contributed by atoms with Crippen LogP contribution in [0.4, 0.5) is 0 Å². The summed E-state index contributed by atoms with van der Waals surface area (Å²) in [7, 11) is 5.04. The first-order valence-corrected chi connectivity index (χ1v) is 15.5. The van der Waals surface area contributed by atoms with Crippen molar-refractivity contribution >= 4 is 35.2 Å². The molecule has 0 aliphatic heterocycles. The molecule has 11 heteroatoms. The van der Waals surface area contributed by atoms with Gasteiger partial charge in [0.25, 0.3) is 0 Å². The standard InChI is InChI=1S/C21H44NO7PS2/c1-5-31-32-17-13-11-9-7-6-8-10-12-14-19(24)21(20(25)18-23)29-30(26,27)28-16-15-22(2,3)4/h20-21,23,25H,5-18H2,1-4H3/p+1/t20-,21?/m0/s1. The third kappa shape index (κ3) is 18.7. The minimum atomic E-state index is -4.53. The van der Waals surface area contributed by atoms with Gasteiger partial charge in [0.2, 0.25) is 0 Å². The van der Waals surface area contributed by atoms with Gasteiger partial charge < -0.3 is 19.6 Å². The number of hydrogen-bond acceptors (Lipinski definition) is 8. The molecule has 0 saturated carbocycles. The molecule has 0 radical (unpaired) electrons. The molecule has 3 N–H and O–H groups in total. The molecular weight excluding hydrogens is 473 g/mol. The lowest BCUT2D eigenvalue weighted by Crippen LogP contribution is -2.39. The second-order valence-corrected chi connectivity index (χ2v) is 13.1. The van der Waals surface area contributed by atoms with Gasteiger partial charge in [-0.2, -0.15) is 0 Å². The first-order chi connectivity index (χ1) is 15.0. The molecule has 32 heavy (non-hydrogen) atoms. The molecule has 0 aromatic heterocycles. The van der Waals surface area contributed by atoms with Crippen LogP contribution in [-0.4, -0.2) is 90.0 Å². The van der Waals surface area contributed by atoms with Crippen molar-refractivity contribution in [3.8, 4) is 0 Å². The SMILES string of the molecule is CCSSCCCCCCCCCCC(=O)C(OP(=O)(O)OCC[N+](C)(C)C)[C@@H](O)CO. The number of carbonyl (C=O) groups excluding carboxylic acids is 1. The van der Waals surface area contributed by atoms with Gasteiger partial charge in [0.05, 0.1) is 27.7 Å². The van der Waals surface area contributed by atoms with E-state index < -0.39 is 32.4 Å². The van der Waals surface area contributed by atoms with Crippen LogP contribution in [0.15, 0.2) is 0 Å². The van der Waals surface area contributed by atoms with Gasteiger partial charge in [0, 0.05) is 17.9 Å². The Morgan fingerprint density at radius 3 is 2.09 bits per heavy atom. The monoisotopic (exact) mass is 518 g/mol. The molecule has 2 unspecified atom stereocenters. The number of nitrogens with zero attached hydrogens (tertiary/aromatic N) is 1. The molecule has 192 valence electrons.